The molecule has 0 saturated heterocycles. The molecule has 3 atom stereocenters. The van der Waals surface area contributed by atoms with Gasteiger partial charge in [0.2, 0.25) is 0 Å². The highest BCUT2D eigenvalue weighted by Gasteiger charge is 2.28. The lowest BCUT2D eigenvalue weighted by atomic mass is 10.0. The average Bonchev–Trinajstić information content (AvgIpc) is 2.30. The second kappa shape index (κ2) is 5.68. The van der Waals surface area contributed by atoms with Crippen LogP contribution >= 0.6 is 0 Å². The Bertz CT molecular complexity index is 259. The predicted molar refractivity (Wildman–Crippen MR) is 55.1 cm³/mol. The van der Waals surface area contributed by atoms with Crippen LogP contribution in [0, 0.1) is 0 Å². The van der Waals surface area contributed by atoms with E-state index in [1.807, 2.05) is 6.08 Å². The molecule has 1 aliphatic heterocycles. The molecular formula is C11H16O4. The first-order valence-corrected chi connectivity index (χ1v) is 4.98. The van der Waals surface area contributed by atoms with Crippen LogP contribution in [0.1, 0.15) is 19.3 Å². The van der Waals surface area contributed by atoms with Crippen molar-refractivity contribution < 1.29 is 19.7 Å². The van der Waals surface area contributed by atoms with Gasteiger partial charge in [-0.25, -0.2) is 0 Å². The van der Waals surface area contributed by atoms with Crippen LogP contribution in [-0.4, -0.2) is 34.5 Å². The first-order chi connectivity index (χ1) is 7.15. The predicted octanol–water partition coefficient (Wildman–Crippen LogP) is 0.546. The van der Waals surface area contributed by atoms with Gasteiger partial charge >= 0.3 is 5.97 Å². The fraction of sp³-hybridized carbons (Fsp3) is 0.545. The van der Waals surface area contributed by atoms with E-state index in [1.54, 1.807) is 6.08 Å². The van der Waals surface area contributed by atoms with Gasteiger partial charge in [0.05, 0.1) is 6.10 Å². The second-order valence-corrected chi connectivity index (χ2v) is 3.49. The van der Waals surface area contributed by atoms with E-state index < -0.39 is 24.3 Å². The number of esters is 1. The lowest BCUT2D eigenvalue weighted by molar-refractivity contribution is -0.161. The lowest BCUT2D eigenvalue weighted by Crippen LogP contribution is -2.39. The van der Waals surface area contributed by atoms with Crippen molar-refractivity contribution in [1.82, 2.24) is 0 Å². The lowest BCUT2D eigenvalue weighted by Gasteiger charge is -2.24. The molecule has 4 nitrogen and oxygen atoms in total. The van der Waals surface area contributed by atoms with Crippen LogP contribution in [0.15, 0.2) is 24.8 Å². The fourth-order valence-corrected chi connectivity index (χ4v) is 1.41. The number of hydrogen-bond acceptors (Lipinski definition) is 4. The molecule has 0 aromatic carbocycles. The molecule has 1 heterocycles. The minimum atomic E-state index is -1.03. The van der Waals surface area contributed by atoms with Crippen molar-refractivity contribution in [2.75, 3.05) is 0 Å². The summed E-state index contributed by atoms with van der Waals surface area (Å²) in [5.41, 5.74) is 0. The number of cyclic esters (lactones) is 1. The summed E-state index contributed by atoms with van der Waals surface area (Å²) in [5.74, 6) is -0.411. The van der Waals surface area contributed by atoms with Crippen molar-refractivity contribution in [3.63, 3.8) is 0 Å². The zero-order valence-corrected chi connectivity index (χ0v) is 8.50. The van der Waals surface area contributed by atoms with Crippen LogP contribution < -0.4 is 0 Å². The van der Waals surface area contributed by atoms with E-state index in [-0.39, 0.29) is 6.42 Å². The first kappa shape index (κ1) is 11.9. The Morgan fingerprint density at radius 1 is 1.60 bits per heavy atom. The molecule has 0 unspecified atom stereocenters. The Balaban J connectivity index is 2.74. The van der Waals surface area contributed by atoms with Crippen LogP contribution in [0.4, 0.5) is 0 Å². The van der Waals surface area contributed by atoms with Gasteiger partial charge in [-0.15, -0.1) is 6.58 Å². The van der Waals surface area contributed by atoms with E-state index in [0.717, 1.165) is 0 Å². The zero-order chi connectivity index (χ0) is 11.3. The van der Waals surface area contributed by atoms with Crippen molar-refractivity contribution in [3.8, 4) is 0 Å². The quantitative estimate of drug-likeness (QED) is 0.518. The fourth-order valence-electron chi connectivity index (χ4n) is 1.41. The number of rotatable bonds is 2. The third-order valence-corrected chi connectivity index (χ3v) is 2.28. The van der Waals surface area contributed by atoms with Crippen LogP contribution in [0.25, 0.3) is 0 Å². The Hall–Kier alpha value is -1.13. The SMILES string of the molecule is C=C[C@@H](O)[C@H]1OC(=O)CC/C=C\C[C@@H]1O. The first-order valence-electron chi connectivity index (χ1n) is 4.98. The van der Waals surface area contributed by atoms with E-state index in [1.165, 1.54) is 6.08 Å². The van der Waals surface area contributed by atoms with Crippen molar-refractivity contribution in [2.45, 2.75) is 37.6 Å². The molecule has 0 aromatic heterocycles. The Morgan fingerprint density at radius 2 is 2.33 bits per heavy atom. The molecule has 0 saturated carbocycles. The largest absolute Gasteiger partial charge is 0.456 e. The molecular weight excluding hydrogens is 196 g/mol. The topological polar surface area (TPSA) is 66.8 Å². The Labute approximate surface area is 88.9 Å². The van der Waals surface area contributed by atoms with Crippen LogP contribution in [0.2, 0.25) is 0 Å². The van der Waals surface area contributed by atoms with Crippen molar-refractivity contribution in [3.05, 3.63) is 24.8 Å². The molecule has 4 heteroatoms. The molecule has 1 aliphatic rings. The Morgan fingerprint density at radius 3 is 3.00 bits per heavy atom. The van der Waals surface area contributed by atoms with Gasteiger partial charge in [-0.3, -0.25) is 4.79 Å². The van der Waals surface area contributed by atoms with Crippen molar-refractivity contribution in [1.29, 1.82) is 0 Å². The van der Waals surface area contributed by atoms with Gasteiger partial charge in [-0.1, -0.05) is 18.2 Å². The summed E-state index contributed by atoms with van der Waals surface area (Å²) in [5, 5.41) is 19.2. The highest BCUT2D eigenvalue weighted by atomic mass is 16.6. The number of ether oxygens (including phenoxy) is 1. The molecule has 0 radical (unpaired) electrons. The molecule has 2 N–H and O–H groups in total. The molecule has 0 aromatic rings. The third kappa shape index (κ3) is 3.49. The zero-order valence-electron chi connectivity index (χ0n) is 8.50. The number of carbonyl (C=O) groups is 1. The summed E-state index contributed by atoms with van der Waals surface area (Å²) in [4.78, 5) is 11.3. The smallest absolute Gasteiger partial charge is 0.306 e. The van der Waals surface area contributed by atoms with Gasteiger partial charge in [-0.2, -0.15) is 0 Å². The van der Waals surface area contributed by atoms with E-state index >= 15 is 0 Å². The summed E-state index contributed by atoms with van der Waals surface area (Å²) >= 11 is 0. The summed E-state index contributed by atoms with van der Waals surface area (Å²) in [6.07, 6.45) is 3.25. The van der Waals surface area contributed by atoms with Gasteiger partial charge in [0.25, 0.3) is 0 Å². The second-order valence-electron chi connectivity index (χ2n) is 3.49. The third-order valence-electron chi connectivity index (χ3n) is 2.28. The van der Waals surface area contributed by atoms with Gasteiger partial charge in [0, 0.05) is 6.42 Å². The summed E-state index contributed by atoms with van der Waals surface area (Å²) in [7, 11) is 0. The van der Waals surface area contributed by atoms with Gasteiger partial charge < -0.3 is 14.9 Å². The maximum Gasteiger partial charge on any atom is 0.306 e. The van der Waals surface area contributed by atoms with Gasteiger partial charge in [-0.05, 0) is 12.8 Å². The number of allylic oxidation sites excluding steroid dienone is 1. The van der Waals surface area contributed by atoms with Crippen molar-refractivity contribution >= 4 is 5.97 Å². The minimum Gasteiger partial charge on any atom is -0.456 e. The summed E-state index contributed by atoms with van der Waals surface area (Å²) < 4.78 is 4.99. The summed E-state index contributed by atoms with van der Waals surface area (Å²) in [6.45, 7) is 3.40. The highest BCUT2D eigenvalue weighted by Crippen LogP contribution is 2.14. The van der Waals surface area contributed by atoms with Gasteiger partial charge in [0.15, 0.2) is 6.10 Å². The van der Waals surface area contributed by atoms with E-state index in [4.69, 9.17) is 4.74 Å². The van der Waals surface area contributed by atoms with Crippen LogP contribution in [-0.2, 0) is 9.53 Å². The molecule has 0 fully saturated rings. The average molecular weight is 212 g/mol. The standard InChI is InChI=1S/C11H16O4/c1-2-8(12)11-9(13)6-4-3-5-7-10(14)15-11/h2-4,8-9,11-13H,1,5-7H2/b4-3-/t8-,9+,11-/m1/s1. The molecule has 15 heavy (non-hydrogen) atoms. The Kier molecular flexibility index (Phi) is 4.52. The van der Waals surface area contributed by atoms with E-state index in [0.29, 0.717) is 12.8 Å². The highest BCUT2D eigenvalue weighted by molar-refractivity contribution is 5.69. The van der Waals surface area contributed by atoms with E-state index in [2.05, 4.69) is 6.58 Å². The van der Waals surface area contributed by atoms with E-state index in [9.17, 15) is 15.0 Å². The minimum absolute atomic E-state index is 0.267. The molecule has 1 rings (SSSR count). The maximum atomic E-state index is 11.3. The number of aliphatic hydroxyl groups excluding tert-OH is 2. The van der Waals surface area contributed by atoms with Gasteiger partial charge in [0.1, 0.15) is 6.10 Å². The normalized spacial score (nSPS) is 31.7. The van der Waals surface area contributed by atoms with Crippen LogP contribution in [0.3, 0.4) is 0 Å². The number of hydrogen-bond donors (Lipinski definition) is 2. The monoisotopic (exact) mass is 212 g/mol. The maximum absolute atomic E-state index is 11.3. The molecule has 0 aliphatic carbocycles. The molecule has 0 bridgehead atoms. The van der Waals surface area contributed by atoms with Crippen LogP contribution in [0.5, 0.6) is 0 Å². The summed E-state index contributed by atoms with van der Waals surface area (Å²) in [6, 6.07) is 0. The number of carbonyl (C=O) groups excluding carboxylic acids is 1. The molecule has 0 amide bonds. The molecule has 84 valence electrons. The number of aliphatic hydroxyl groups is 2. The van der Waals surface area contributed by atoms with Crippen molar-refractivity contribution in [2.24, 2.45) is 0 Å². The molecule has 0 spiro atoms.